The number of rotatable bonds is 1. The Kier molecular flexibility index (Phi) is 1.85. The molecule has 2 heterocycles. The summed E-state index contributed by atoms with van der Waals surface area (Å²) in [5.41, 5.74) is 6.19. The Morgan fingerprint density at radius 2 is 2.36 bits per heavy atom. The number of amides is 1. The first-order chi connectivity index (χ1) is 6.52. The first-order valence-corrected chi connectivity index (χ1v) is 4.52. The van der Waals surface area contributed by atoms with Gasteiger partial charge in [0.05, 0.1) is 6.54 Å². The van der Waals surface area contributed by atoms with Crippen molar-refractivity contribution in [1.82, 2.24) is 10.5 Å². The average molecular weight is 195 g/mol. The van der Waals surface area contributed by atoms with E-state index < -0.39 is 5.91 Å². The lowest BCUT2D eigenvalue weighted by atomic mass is 9.81. The summed E-state index contributed by atoms with van der Waals surface area (Å²) in [4.78, 5) is 11.1. The predicted molar refractivity (Wildman–Crippen MR) is 49.8 cm³/mol. The van der Waals surface area contributed by atoms with Crippen molar-refractivity contribution in [3.05, 3.63) is 17.0 Å². The Morgan fingerprint density at radius 1 is 1.64 bits per heavy atom. The van der Waals surface area contributed by atoms with Crippen LogP contribution in [0, 0.1) is 0 Å². The number of primary amides is 1. The van der Waals surface area contributed by atoms with Crippen molar-refractivity contribution in [2.24, 2.45) is 5.73 Å². The Balaban J connectivity index is 2.58. The molecule has 1 amide bonds. The number of hydrogen-bond acceptors (Lipinski definition) is 4. The standard InChI is InChI=1S/C9H13N3O2/c1-9(2)4-11-3-5-6(9)7(8(10)13)12-14-5/h11H,3-4H2,1-2H3,(H2,10,13). The first kappa shape index (κ1) is 9.21. The summed E-state index contributed by atoms with van der Waals surface area (Å²) in [6.45, 7) is 5.46. The maximum absolute atomic E-state index is 11.1. The molecule has 5 heteroatoms. The minimum atomic E-state index is -0.523. The van der Waals surface area contributed by atoms with Gasteiger partial charge < -0.3 is 15.6 Å². The molecule has 0 saturated heterocycles. The van der Waals surface area contributed by atoms with Crippen molar-refractivity contribution in [1.29, 1.82) is 0 Å². The van der Waals surface area contributed by atoms with E-state index in [4.69, 9.17) is 10.3 Å². The second-order valence-corrected chi connectivity index (χ2v) is 4.18. The highest BCUT2D eigenvalue weighted by molar-refractivity contribution is 5.92. The normalized spacial score (nSPS) is 19.0. The zero-order valence-corrected chi connectivity index (χ0v) is 8.26. The molecule has 14 heavy (non-hydrogen) atoms. The zero-order valence-electron chi connectivity index (χ0n) is 8.26. The molecular weight excluding hydrogens is 182 g/mol. The number of nitrogens with one attached hydrogen (secondary N) is 1. The molecule has 2 rings (SSSR count). The Bertz CT molecular complexity index is 381. The molecule has 0 atom stereocenters. The molecule has 0 spiro atoms. The number of aromatic nitrogens is 1. The lowest BCUT2D eigenvalue weighted by molar-refractivity contribution is 0.0990. The molecule has 0 aromatic carbocycles. The number of fused-ring (bicyclic) bond motifs is 1. The molecule has 76 valence electrons. The van der Waals surface area contributed by atoms with E-state index in [0.29, 0.717) is 6.54 Å². The van der Waals surface area contributed by atoms with Crippen molar-refractivity contribution < 1.29 is 9.32 Å². The smallest absolute Gasteiger partial charge is 0.271 e. The van der Waals surface area contributed by atoms with Crippen LogP contribution in [-0.4, -0.2) is 17.6 Å². The lowest BCUT2D eigenvalue weighted by Gasteiger charge is -2.29. The summed E-state index contributed by atoms with van der Waals surface area (Å²) in [6.07, 6.45) is 0. The van der Waals surface area contributed by atoms with Crippen molar-refractivity contribution in [3.8, 4) is 0 Å². The van der Waals surface area contributed by atoms with Gasteiger partial charge in [-0.25, -0.2) is 0 Å². The second-order valence-electron chi connectivity index (χ2n) is 4.18. The van der Waals surface area contributed by atoms with Gasteiger partial charge in [0.15, 0.2) is 11.5 Å². The Hall–Kier alpha value is -1.36. The maximum Gasteiger partial charge on any atom is 0.271 e. The molecule has 0 unspecified atom stereocenters. The SMILES string of the molecule is CC1(C)CNCc2onc(C(N)=O)c21. The number of carbonyl (C=O) groups is 1. The van der Waals surface area contributed by atoms with E-state index in [2.05, 4.69) is 10.5 Å². The third kappa shape index (κ3) is 1.21. The van der Waals surface area contributed by atoms with Gasteiger partial charge in [-0.1, -0.05) is 19.0 Å². The Morgan fingerprint density at radius 3 is 3.00 bits per heavy atom. The summed E-state index contributed by atoms with van der Waals surface area (Å²) in [6, 6.07) is 0. The van der Waals surface area contributed by atoms with E-state index in [1.807, 2.05) is 13.8 Å². The molecule has 1 aliphatic heterocycles. The molecule has 1 aromatic heterocycles. The maximum atomic E-state index is 11.1. The molecule has 5 nitrogen and oxygen atoms in total. The highest BCUT2D eigenvalue weighted by atomic mass is 16.5. The Labute approximate surface area is 81.6 Å². The highest BCUT2D eigenvalue weighted by Crippen LogP contribution is 2.31. The molecule has 0 saturated carbocycles. The second kappa shape index (κ2) is 2.81. The first-order valence-electron chi connectivity index (χ1n) is 4.52. The van der Waals surface area contributed by atoms with Gasteiger partial charge in [-0.3, -0.25) is 4.79 Å². The highest BCUT2D eigenvalue weighted by Gasteiger charge is 2.35. The molecule has 0 aliphatic carbocycles. The van der Waals surface area contributed by atoms with Gasteiger partial charge in [-0.15, -0.1) is 0 Å². The van der Waals surface area contributed by atoms with Crippen molar-refractivity contribution >= 4 is 5.91 Å². The summed E-state index contributed by atoms with van der Waals surface area (Å²) < 4.78 is 5.07. The summed E-state index contributed by atoms with van der Waals surface area (Å²) in [7, 11) is 0. The fraction of sp³-hybridized carbons (Fsp3) is 0.556. The van der Waals surface area contributed by atoms with Gasteiger partial charge in [-0.05, 0) is 0 Å². The van der Waals surface area contributed by atoms with E-state index in [9.17, 15) is 4.79 Å². The van der Waals surface area contributed by atoms with E-state index in [1.165, 1.54) is 0 Å². The molecule has 0 bridgehead atoms. The molecule has 3 N–H and O–H groups in total. The summed E-state index contributed by atoms with van der Waals surface area (Å²) >= 11 is 0. The third-order valence-electron chi connectivity index (χ3n) is 2.53. The van der Waals surface area contributed by atoms with Crippen molar-refractivity contribution in [3.63, 3.8) is 0 Å². The van der Waals surface area contributed by atoms with Crippen LogP contribution in [0.2, 0.25) is 0 Å². The van der Waals surface area contributed by atoms with Crippen LogP contribution in [0.4, 0.5) is 0 Å². The lowest BCUT2D eigenvalue weighted by Crippen LogP contribution is -2.39. The number of nitrogens with two attached hydrogens (primary N) is 1. The van der Waals surface area contributed by atoms with E-state index in [1.54, 1.807) is 0 Å². The minimum Gasteiger partial charge on any atom is -0.364 e. The molecule has 1 aromatic rings. The topological polar surface area (TPSA) is 81.2 Å². The largest absolute Gasteiger partial charge is 0.364 e. The number of hydrogen-bond donors (Lipinski definition) is 2. The zero-order chi connectivity index (χ0) is 10.3. The minimum absolute atomic E-state index is 0.155. The predicted octanol–water partition coefficient (Wildman–Crippen LogP) is 0.154. The number of carbonyl (C=O) groups excluding carboxylic acids is 1. The monoisotopic (exact) mass is 195 g/mol. The van der Waals surface area contributed by atoms with Gasteiger partial charge in [0.2, 0.25) is 0 Å². The van der Waals surface area contributed by atoms with Crippen LogP contribution in [0.1, 0.15) is 35.7 Å². The van der Waals surface area contributed by atoms with E-state index in [0.717, 1.165) is 17.9 Å². The summed E-state index contributed by atoms with van der Waals surface area (Å²) in [5, 5.41) is 6.90. The fourth-order valence-electron chi connectivity index (χ4n) is 1.89. The van der Waals surface area contributed by atoms with Gasteiger partial charge in [0.25, 0.3) is 5.91 Å². The van der Waals surface area contributed by atoms with Crippen LogP contribution in [0.5, 0.6) is 0 Å². The van der Waals surface area contributed by atoms with Crippen LogP contribution >= 0.6 is 0 Å². The average Bonchev–Trinajstić information content (AvgIpc) is 2.48. The van der Waals surface area contributed by atoms with Gasteiger partial charge in [0.1, 0.15) is 0 Å². The van der Waals surface area contributed by atoms with Crippen LogP contribution in [0.25, 0.3) is 0 Å². The van der Waals surface area contributed by atoms with Crippen LogP contribution < -0.4 is 11.1 Å². The van der Waals surface area contributed by atoms with E-state index in [-0.39, 0.29) is 11.1 Å². The molecule has 0 fully saturated rings. The molecule has 0 radical (unpaired) electrons. The summed E-state index contributed by atoms with van der Waals surface area (Å²) in [5.74, 6) is 0.194. The quantitative estimate of drug-likeness (QED) is 0.668. The molecule has 1 aliphatic rings. The fourth-order valence-corrected chi connectivity index (χ4v) is 1.89. The number of nitrogens with zero attached hydrogens (tertiary/aromatic N) is 1. The molecular formula is C9H13N3O2. The van der Waals surface area contributed by atoms with Crippen LogP contribution in [-0.2, 0) is 12.0 Å². The van der Waals surface area contributed by atoms with Gasteiger partial charge in [-0.2, -0.15) is 0 Å². The van der Waals surface area contributed by atoms with Gasteiger partial charge >= 0.3 is 0 Å². The van der Waals surface area contributed by atoms with Crippen LogP contribution in [0.3, 0.4) is 0 Å². The third-order valence-corrected chi connectivity index (χ3v) is 2.53. The van der Waals surface area contributed by atoms with Crippen LogP contribution in [0.15, 0.2) is 4.52 Å². The van der Waals surface area contributed by atoms with Crippen molar-refractivity contribution in [2.75, 3.05) is 6.54 Å². The van der Waals surface area contributed by atoms with Gasteiger partial charge in [0, 0.05) is 17.5 Å². The van der Waals surface area contributed by atoms with Crippen molar-refractivity contribution in [2.45, 2.75) is 25.8 Å². The van der Waals surface area contributed by atoms with E-state index >= 15 is 0 Å².